The Balaban J connectivity index is 2.54. The van der Waals surface area contributed by atoms with E-state index in [9.17, 15) is 20.6 Å². The molecule has 3 N–H and O–H groups in total. The Morgan fingerprint density at radius 1 is 1.20 bits per heavy atom. The Labute approximate surface area is 145 Å². The van der Waals surface area contributed by atoms with Gasteiger partial charge in [0.25, 0.3) is 5.91 Å². The molecule has 7 heteroatoms. The van der Waals surface area contributed by atoms with Crippen LogP contribution in [-0.4, -0.2) is 5.91 Å². The lowest BCUT2D eigenvalue weighted by atomic mass is 9.74. The maximum absolute atomic E-state index is 12.8. The van der Waals surface area contributed by atoms with Crippen LogP contribution >= 0.6 is 0 Å². The molecule has 0 saturated carbocycles. The molecule has 0 bridgehead atoms. The third kappa shape index (κ3) is 2.78. The molecule has 7 nitrogen and oxygen atoms in total. The molecule has 0 radical (unpaired) electrons. The number of ether oxygens (including phenoxy) is 1. The summed E-state index contributed by atoms with van der Waals surface area (Å²) in [4.78, 5) is 12.8. The molecule has 1 aromatic rings. The molecular weight excluding hydrogens is 318 g/mol. The van der Waals surface area contributed by atoms with E-state index in [2.05, 4.69) is 5.32 Å². The maximum Gasteiger partial charge on any atom is 0.258 e. The monoisotopic (exact) mass is 333 g/mol. The van der Waals surface area contributed by atoms with E-state index in [1.54, 1.807) is 24.3 Å². The molecule has 1 aliphatic heterocycles. The van der Waals surface area contributed by atoms with Gasteiger partial charge in [0.05, 0.1) is 17.7 Å². The number of amides is 1. The van der Waals surface area contributed by atoms with Crippen LogP contribution in [0.5, 0.6) is 0 Å². The second-order valence-electron chi connectivity index (χ2n) is 5.63. The Kier molecular flexibility index (Phi) is 4.50. The molecule has 0 atom stereocenters. The van der Waals surface area contributed by atoms with E-state index in [0.717, 1.165) is 11.1 Å². The number of nitriles is 3. The molecule has 25 heavy (non-hydrogen) atoms. The van der Waals surface area contributed by atoms with Gasteiger partial charge in [-0.2, -0.15) is 15.8 Å². The minimum Gasteiger partial charge on any atom is -0.444 e. The van der Waals surface area contributed by atoms with Crippen molar-refractivity contribution in [2.24, 2.45) is 11.1 Å². The number of nitrogens with zero attached hydrogens (tertiary/aromatic N) is 3. The SMILES string of the molecule is CC1=C(C(=O)Nc2ccc(C)cc2C)C(C#N)(C#N)C(C#N)=C(N)O1. The number of carbonyl (C=O) groups is 1. The van der Waals surface area contributed by atoms with E-state index in [-0.39, 0.29) is 17.2 Å². The van der Waals surface area contributed by atoms with Crippen LogP contribution in [-0.2, 0) is 9.53 Å². The molecule has 1 heterocycles. The molecule has 1 aromatic carbocycles. The summed E-state index contributed by atoms with van der Waals surface area (Å²) < 4.78 is 5.22. The number of anilines is 1. The van der Waals surface area contributed by atoms with Crippen molar-refractivity contribution < 1.29 is 9.53 Å². The lowest BCUT2D eigenvalue weighted by Gasteiger charge is -2.28. The molecule has 0 unspecified atom stereocenters. The number of benzene rings is 1. The smallest absolute Gasteiger partial charge is 0.258 e. The van der Waals surface area contributed by atoms with Crippen LogP contribution in [0.2, 0.25) is 0 Å². The van der Waals surface area contributed by atoms with Crippen molar-refractivity contribution in [3.63, 3.8) is 0 Å². The first-order valence-electron chi connectivity index (χ1n) is 7.31. The topological polar surface area (TPSA) is 136 Å². The number of allylic oxidation sites excluding steroid dienone is 2. The highest BCUT2D eigenvalue weighted by Crippen LogP contribution is 2.42. The highest BCUT2D eigenvalue weighted by molar-refractivity contribution is 6.07. The molecule has 0 saturated heterocycles. The van der Waals surface area contributed by atoms with Crippen molar-refractivity contribution >= 4 is 11.6 Å². The summed E-state index contributed by atoms with van der Waals surface area (Å²) in [7, 11) is 0. The van der Waals surface area contributed by atoms with Gasteiger partial charge in [-0.25, -0.2) is 0 Å². The molecule has 0 aromatic heterocycles. The number of nitrogens with one attached hydrogen (secondary N) is 1. The van der Waals surface area contributed by atoms with Crippen molar-refractivity contribution in [2.45, 2.75) is 20.8 Å². The number of aryl methyl sites for hydroxylation is 2. The van der Waals surface area contributed by atoms with Crippen molar-refractivity contribution in [3.05, 3.63) is 52.1 Å². The zero-order valence-corrected chi connectivity index (χ0v) is 14.0. The first kappa shape index (κ1) is 17.6. The summed E-state index contributed by atoms with van der Waals surface area (Å²) in [6.45, 7) is 5.16. The molecule has 124 valence electrons. The van der Waals surface area contributed by atoms with Crippen LogP contribution in [0.1, 0.15) is 18.1 Å². The number of nitrogens with two attached hydrogens (primary N) is 1. The van der Waals surface area contributed by atoms with Crippen LogP contribution in [0, 0.1) is 53.3 Å². The summed E-state index contributed by atoms with van der Waals surface area (Å²) in [6, 6.07) is 10.6. The fourth-order valence-corrected chi connectivity index (χ4v) is 2.70. The minimum absolute atomic E-state index is 0.00173. The first-order valence-corrected chi connectivity index (χ1v) is 7.31. The second-order valence-corrected chi connectivity index (χ2v) is 5.63. The Bertz CT molecular complexity index is 937. The fraction of sp³-hybridized carbons (Fsp3) is 0.222. The quantitative estimate of drug-likeness (QED) is 0.852. The van der Waals surface area contributed by atoms with Gasteiger partial charge in [-0.1, -0.05) is 17.7 Å². The third-order valence-electron chi connectivity index (χ3n) is 3.92. The fourth-order valence-electron chi connectivity index (χ4n) is 2.70. The maximum atomic E-state index is 12.8. The summed E-state index contributed by atoms with van der Waals surface area (Å²) >= 11 is 0. The van der Waals surface area contributed by atoms with E-state index < -0.39 is 16.9 Å². The largest absolute Gasteiger partial charge is 0.444 e. The normalized spacial score (nSPS) is 15.5. The van der Waals surface area contributed by atoms with Crippen LogP contribution in [0.4, 0.5) is 5.69 Å². The predicted molar refractivity (Wildman–Crippen MR) is 88.8 cm³/mol. The van der Waals surface area contributed by atoms with Gasteiger partial charge in [-0.15, -0.1) is 0 Å². The second kappa shape index (κ2) is 6.39. The predicted octanol–water partition coefficient (Wildman–Crippen LogP) is 2.27. The average molecular weight is 333 g/mol. The van der Waals surface area contributed by atoms with Crippen molar-refractivity contribution in [2.75, 3.05) is 5.32 Å². The van der Waals surface area contributed by atoms with Gasteiger partial charge in [0.1, 0.15) is 17.4 Å². The standard InChI is InChI=1S/C18H15N5O2/c1-10-4-5-14(11(2)6-10)23-17(24)15-12(3)25-16(22)13(7-19)18(15,8-20)9-21/h4-6H,22H2,1-3H3,(H,23,24). The van der Waals surface area contributed by atoms with E-state index in [1.807, 2.05) is 26.0 Å². The third-order valence-corrected chi connectivity index (χ3v) is 3.92. The van der Waals surface area contributed by atoms with Gasteiger partial charge >= 0.3 is 0 Å². The number of rotatable bonds is 2. The lowest BCUT2D eigenvalue weighted by molar-refractivity contribution is -0.113. The zero-order chi connectivity index (χ0) is 18.8. The summed E-state index contributed by atoms with van der Waals surface area (Å²) in [6.07, 6.45) is 0. The van der Waals surface area contributed by atoms with Crippen LogP contribution in [0.25, 0.3) is 0 Å². The molecular formula is C18H15N5O2. The van der Waals surface area contributed by atoms with Crippen molar-refractivity contribution in [1.29, 1.82) is 15.8 Å². The first-order chi connectivity index (χ1) is 11.8. The molecule has 1 amide bonds. The molecule has 2 rings (SSSR count). The minimum atomic E-state index is -2.12. The van der Waals surface area contributed by atoms with Gasteiger partial charge in [-0.05, 0) is 32.4 Å². The Morgan fingerprint density at radius 2 is 1.84 bits per heavy atom. The van der Waals surface area contributed by atoms with Gasteiger partial charge in [0.15, 0.2) is 0 Å². The van der Waals surface area contributed by atoms with E-state index in [0.29, 0.717) is 5.69 Å². The summed E-state index contributed by atoms with van der Waals surface area (Å²) in [5, 5.41) is 31.1. The Morgan fingerprint density at radius 3 is 2.36 bits per heavy atom. The highest BCUT2D eigenvalue weighted by Gasteiger charge is 2.49. The number of hydrogen-bond donors (Lipinski definition) is 2. The van der Waals surface area contributed by atoms with Gasteiger partial charge in [0.2, 0.25) is 11.3 Å². The lowest BCUT2D eigenvalue weighted by Crippen LogP contribution is -2.36. The van der Waals surface area contributed by atoms with Gasteiger partial charge < -0.3 is 15.8 Å². The highest BCUT2D eigenvalue weighted by atomic mass is 16.5. The zero-order valence-electron chi connectivity index (χ0n) is 14.0. The van der Waals surface area contributed by atoms with Crippen LogP contribution in [0.15, 0.2) is 41.0 Å². The Hall–Kier alpha value is -3.76. The molecule has 0 aliphatic carbocycles. The molecule has 0 spiro atoms. The number of hydrogen-bond acceptors (Lipinski definition) is 6. The van der Waals surface area contributed by atoms with E-state index in [1.165, 1.54) is 6.92 Å². The van der Waals surface area contributed by atoms with E-state index >= 15 is 0 Å². The van der Waals surface area contributed by atoms with Gasteiger partial charge in [-0.3, -0.25) is 4.79 Å². The molecule has 0 fully saturated rings. The van der Waals surface area contributed by atoms with Gasteiger partial charge in [0, 0.05) is 5.69 Å². The van der Waals surface area contributed by atoms with Crippen LogP contribution in [0.3, 0.4) is 0 Å². The van der Waals surface area contributed by atoms with Crippen LogP contribution < -0.4 is 11.1 Å². The number of carbonyl (C=O) groups excluding carboxylic acids is 1. The summed E-state index contributed by atoms with van der Waals surface area (Å²) in [5.41, 5.74) is 5.24. The summed E-state index contributed by atoms with van der Waals surface area (Å²) in [5.74, 6) is -1.05. The van der Waals surface area contributed by atoms with Crippen molar-refractivity contribution in [3.8, 4) is 18.2 Å². The van der Waals surface area contributed by atoms with E-state index in [4.69, 9.17) is 10.5 Å². The average Bonchev–Trinajstić information content (AvgIpc) is 2.56. The van der Waals surface area contributed by atoms with Crippen molar-refractivity contribution in [1.82, 2.24) is 0 Å². The molecule has 1 aliphatic rings.